The molecule has 1 aliphatic heterocycles. The molecule has 1 aromatic carbocycles. The number of hydrogen-bond donors (Lipinski definition) is 2. The maximum atomic E-state index is 10.4. The van der Waals surface area contributed by atoms with E-state index in [1.54, 1.807) is 6.20 Å². The molecule has 19 heavy (non-hydrogen) atoms. The quantitative estimate of drug-likeness (QED) is 0.886. The number of rotatable bonds is 3. The molecule has 2 heterocycles. The summed E-state index contributed by atoms with van der Waals surface area (Å²) in [5.41, 5.74) is 1.32. The van der Waals surface area contributed by atoms with Gasteiger partial charge in [0.1, 0.15) is 0 Å². The molecule has 2 aromatic rings. The molecule has 0 aliphatic carbocycles. The minimum atomic E-state index is -0.664. The van der Waals surface area contributed by atoms with Gasteiger partial charge in [0.05, 0.1) is 11.1 Å². The van der Waals surface area contributed by atoms with Gasteiger partial charge in [-0.05, 0) is 12.1 Å². The molecule has 2 N–H and O–H groups in total. The summed E-state index contributed by atoms with van der Waals surface area (Å²) in [7, 11) is 0. The number of fused-ring (bicyclic) bond motifs is 1. The third kappa shape index (κ3) is 2.69. The molecule has 3 rings (SSSR count). The summed E-state index contributed by atoms with van der Waals surface area (Å²) in [6, 6.07) is 9.96. The average molecular weight is 258 g/mol. The van der Waals surface area contributed by atoms with E-state index in [1.807, 2.05) is 30.3 Å². The number of para-hydroxylation sites is 1. The molecule has 100 valence electrons. The summed E-state index contributed by atoms with van der Waals surface area (Å²) < 4.78 is 5.29. The van der Waals surface area contributed by atoms with Crippen molar-refractivity contribution in [1.82, 2.24) is 4.98 Å². The second kappa shape index (κ2) is 5.15. The Hall–Kier alpha value is -1.65. The van der Waals surface area contributed by atoms with E-state index in [9.17, 15) is 5.11 Å². The fourth-order valence-corrected chi connectivity index (χ4v) is 2.44. The van der Waals surface area contributed by atoms with Gasteiger partial charge in [-0.25, -0.2) is 0 Å². The zero-order valence-corrected chi connectivity index (χ0v) is 10.8. The Morgan fingerprint density at radius 1 is 1.21 bits per heavy atom. The Morgan fingerprint density at radius 2 is 2.00 bits per heavy atom. The molecule has 0 unspecified atom stereocenters. The topological polar surface area (TPSA) is 54.4 Å². The lowest BCUT2D eigenvalue weighted by molar-refractivity contribution is -0.0543. The standard InChI is InChI=1S/C15H18N2O2/c18-15(6-9-19-10-7-15)11-17-14-5-8-16-13-4-2-1-3-12(13)14/h1-5,8,18H,6-7,9-11H2,(H,16,17). The Balaban J connectivity index is 1.78. The number of pyridine rings is 1. The molecule has 1 aromatic heterocycles. The largest absolute Gasteiger partial charge is 0.388 e. The summed E-state index contributed by atoms with van der Waals surface area (Å²) in [6.07, 6.45) is 3.16. The first-order valence-electron chi connectivity index (χ1n) is 6.65. The van der Waals surface area contributed by atoms with Crippen LogP contribution in [-0.2, 0) is 4.74 Å². The number of aromatic nitrogens is 1. The number of anilines is 1. The van der Waals surface area contributed by atoms with Crippen molar-refractivity contribution in [1.29, 1.82) is 0 Å². The molecule has 0 saturated carbocycles. The van der Waals surface area contributed by atoms with Crippen LogP contribution >= 0.6 is 0 Å². The first-order chi connectivity index (χ1) is 9.27. The van der Waals surface area contributed by atoms with Crippen LogP contribution in [0, 0.1) is 0 Å². The number of nitrogens with one attached hydrogen (secondary N) is 1. The number of benzene rings is 1. The Bertz CT molecular complexity index is 560. The molecule has 0 bridgehead atoms. The Labute approximate surface area is 112 Å². The monoisotopic (exact) mass is 258 g/mol. The van der Waals surface area contributed by atoms with Crippen LogP contribution in [0.25, 0.3) is 10.9 Å². The summed E-state index contributed by atoms with van der Waals surface area (Å²) in [5.74, 6) is 0. The normalized spacial score (nSPS) is 18.4. The average Bonchev–Trinajstić information content (AvgIpc) is 2.46. The Kier molecular flexibility index (Phi) is 3.36. The predicted molar refractivity (Wildman–Crippen MR) is 75.2 cm³/mol. The van der Waals surface area contributed by atoms with Crippen molar-refractivity contribution >= 4 is 16.6 Å². The van der Waals surface area contributed by atoms with Gasteiger partial charge in [-0.1, -0.05) is 18.2 Å². The fraction of sp³-hybridized carbons (Fsp3) is 0.400. The van der Waals surface area contributed by atoms with Gasteiger partial charge in [0.2, 0.25) is 0 Å². The van der Waals surface area contributed by atoms with E-state index in [0.29, 0.717) is 32.6 Å². The lowest BCUT2D eigenvalue weighted by atomic mass is 9.94. The molecule has 0 amide bonds. The van der Waals surface area contributed by atoms with Crippen molar-refractivity contribution in [2.45, 2.75) is 18.4 Å². The van der Waals surface area contributed by atoms with Crippen molar-refractivity contribution in [3.05, 3.63) is 36.5 Å². The van der Waals surface area contributed by atoms with Crippen molar-refractivity contribution < 1.29 is 9.84 Å². The van der Waals surface area contributed by atoms with Crippen molar-refractivity contribution in [2.24, 2.45) is 0 Å². The molecule has 1 saturated heterocycles. The van der Waals surface area contributed by atoms with E-state index in [-0.39, 0.29) is 0 Å². The van der Waals surface area contributed by atoms with Gasteiger partial charge in [0, 0.05) is 49.9 Å². The third-order valence-corrected chi connectivity index (χ3v) is 3.68. The first kappa shape index (κ1) is 12.4. The van der Waals surface area contributed by atoms with Crippen LogP contribution < -0.4 is 5.32 Å². The predicted octanol–water partition coefficient (Wildman–Crippen LogP) is 2.19. The molecular weight excluding hydrogens is 240 g/mol. The lowest BCUT2D eigenvalue weighted by Gasteiger charge is -2.32. The zero-order valence-electron chi connectivity index (χ0n) is 10.8. The number of ether oxygens (including phenoxy) is 1. The summed E-state index contributed by atoms with van der Waals surface area (Å²) in [5, 5.41) is 14.9. The molecule has 1 fully saturated rings. The summed E-state index contributed by atoms with van der Waals surface area (Å²) >= 11 is 0. The van der Waals surface area contributed by atoms with E-state index >= 15 is 0 Å². The third-order valence-electron chi connectivity index (χ3n) is 3.68. The molecule has 4 heteroatoms. The van der Waals surface area contributed by atoms with Crippen molar-refractivity contribution in [3.8, 4) is 0 Å². The number of nitrogens with zero attached hydrogens (tertiary/aromatic N) is 1. The highest BCUT2D eigenvalue weighted by molar-refractivity contribution is 5.90. The van der Waals surface area contributed by atoms with Crippen molar-refractivity contribution in [2.75, 3.05) is 25.1 Å². The molecule has 0 radical (unpaired) electrons. The van der Waals surface area contributed by atoms with Gasteiger partial charge in [-0.2, -0.15) is 0 Å². The smallest absolute Gasteiger partial charge is 0.0863 e. The van der Waals surface area contributed by atoms with Gasteiger partial charge in [0.25, 0.3) is 0 Å². The molecule has 4 nitrogen and oxygen atoms in total. The lowest BCUT2D eigenvalue weighted by Crippen LogP contribution is -2.42. The highest BCUT2D eigenvalue weighted by Gasteiger charge is 2.29. The van der Waals surface area contributed by atoms with E-state index < -0.39 is 5.60 Å². The van der Waals surface area contributed by atoms with Crippen LogP contribution in [0.4, 0.5) is 5.69 Å². The zero-order chi connectivity index (χ0) is 13.1. The number of aliphatic hydroxyl groups is 1. The first-order valence-corrected chi connectivity index (χ1v) is 6.65. The van der Waals surface area contributed by atoms with Gasteiger partial charge in [0.15, 0.2) is 0 Å². The van der Waals surface area contributed by atoms with Gasteiger partial charge >= 0.3 is 0 Å². The fourth-order valence-electron chi connectivity index (χ4n) is 2.44. The molecule has 0 spiro atoms. The Morgan fingerprint density at radius 3 is 2.84 bits per heavy atom. The summed E-state index contributed by atoms with van der Waals surface area (Å²) in [6.45, 7) is 1.81. The maximum absolute atomic E-state index is 10.4. The molecular formula is C15H18N2O2. The van der Waals surface area contributed by atoms with Crippen LogP contribution in [0.5, 0.6) is 0 Å². The minimum absolute atomic E-state index is 0.546. The van der Waals surface area contributed by atoms with Gasteiger partial charge < -0.3 is 15.2 Å². The highest BCUT2D eigenvalue weighted by atomic mass is 16.5. The van der Waals surface area contributed by atoms with Crippen LogP contribution in [0.1, 0.15) is 12.8 Å². The van der Waals surface area contributed by atoms with E-state index in [1.165, 1.54) is 0 Å². The van der Waals surface area contributed by atoms with Crippen LogP contribution in [-0.4, -0.2) is 35.5 Å². The molecule has 1 aliphatic rings. The van der Waals surface area contributed by atoms with E-state index in [4.69, 9.17) is 4.74 Å². The van der Waals surface area contributed by atoms with Crippen LogP contribution in [0.3, 0.4) is 0 Å². The van der Waals surface area contributed by atoms with Gasteiger partial charge in [-0.3, -0.25) is 4.98 Å². The minimum Gasteiger partial charge on any atom is -0.388 e. The van der Waals surface area contributed by atoms with E-state index in [2.05, 4.69) is 10.3 Å². The van der Waals surface area contributed by atoms with Crippen molar-refractivity contribution in [3.63, 3.8) is 0 Å². The SMILES string of the molecule is OC1(CNc2ccnc3ccccc23)CCOCC1. The molecule has 0 atom stereocenters. The van der Waals surface area contributed by atoms with Gasteiger partial charge in [-0.15, -0.1) is 0 Å². The van der Waals surface area contributed by atoms with E-state index in [0.717, 1.165) is 16.6 Å². The highest BCUT2D eigenvalue weighted by Crippen LogP contribution is 2.24. The summed E-state index contributed by atoms with van der Waals surface area (Å²) in [4.78, 5) is 4.33. The van der Waals surface area contributed by atoms with Crippen LogP contribution in [0.2, 0.25) is 0 Å². The van der Waals surface area contributed by atoms with Crippen LogP contribution in [0.15, 0.2) is 36.5 Å². The second-order valence-corrected chi connectivity index (χ2v) is 5.07. The second-order valence-electron chi connectivity index (χ2n) is 5.07. The number of hydrogen-bond acceptors (Lipinski definition) is 4. The maximum Gasteiger partial charge on any atom is 0.0863 e.